The Morgan fingerprint density at radius 3 is 2.57 bits per heavy atom. The van der Waals surface area contributed by atoms with Crippen LogP contribution in [-0.2, 0) is 9.59 Å². The number of amides is 2. The molecule has 1 aliphatic heterocycles. The number of benzene rings is 1. The Bertz CT molecular complexity index is 648. The van der Waals surface area contributed by atoms with E-state index in [1.165, 1.54) is 25.1 Å². The highest BCUT2D eigenvalue weighted by atomic mass is 16.6. The number of piperidine rings is 1. The van der Waals surface area contributed by atoms with Crippen molar-refractivity contribution in [1.29, 1.82) is 0 Å². The zero-order chi connectivity index (χ0) is 16.8. The van der Waals surface area contributed by atoms with Gasteiger partial charge in [-0.15, -0.1) is 0 Å². The van der Waals surface area contributed by atoms with Crippen molar-refractivity contribution in [2.45, 2.75) is 26.2 Å². The topological polar surface area (TPSA) is 92.5 Å². The molecule has 1 aliphatic rings. The van der Waals surface area contributed by atoms with Gasteiger partial charge in [-0.1, -0.05) is 12.1 Å². The molecule has 0 saturated carbocycles. The van der Waals surface area contributed by atoms with Crippen molar-refractivity contribution in [2.24, 2.45) is 0 Å². The lowest BCUT2D eigenvalue weighted by Gasteiger charge is -2.27. The molecule has 7 heteroatoms. The number of rotatable bonds is 4. The monoisotopic (exact) mass is 317 g/mol. The van der Waals surface area contributed by atoms with Gasteiger partial charge in [0.1, 0.15) is 5.70 Å². The molecule has 1 aromatic rings. The molecule has 1 N–H and O–H groups in total. The van der Waals surface area contributed by atoms with Crippen LogP contribution >= 0.6 is 0 Å². The van der Waals surface area contributed by atoms with Gasteiger partial charge in [-0.3, -0.25) is 19.7 Å². The van der Waals surface area contributed by atoms with Crippen molar-refractivity contribution in [3.63, 3.8) is 0 Å². The van der Waals surface area contributed by atoms with Crippen molar-refractivity contribution in [1.82, 2.24) is 10.2 Å². The molecular formula is C16H19N3O4. The second-order valence-corrected chi connectivity index (χ2v) is 5.44. The number of non-ortho nitro benzene ring substituents is 1. The van der Waals surface area contributed by atoms with Crippen molar-refractivity contribution in [3.05, 3.63) is 45.6 Å². The number of nitrogens with one attached hydrogen (secondary N) is 1. The third-order valence-corrected chi connectivity index (χ3v) is 3.58. The fraction of sp³-hybridized carbons (Fsp3) is 0.375. The molecule has 0 unspecified atom stereocenters. The van der Waals surface area contributed by atoms with Gasteiger partial charge in [-0.2, -0.15) is 0 Å². The highest BCUT2D eigenvalue weighted by Gasteiger charge is 2.21. The lowest BCUT2D eigenvalue weighted by atomic mass is 10.1. The number of carbonyl (C=O) groups is 2. The van der Waals surface area contributed by atoms with E-state index in [0.717, 1.165) is 19.3 Å². The Hall–Kier alpha value is -2.70. The number of hydrogen-bond donors (Lipinski definition) is 1. The summed E-state index contributed by atoms with van der Waals surface area (Å²) in [6, 6.07) is 5.94. The zero-order valence-corrected chi connectivity index (χ0v) is 12.9. The van der Waals surface area contributed by atoms with Crippen LogP contribution < -0.4 is 5.32 Å². The number of nitrogens with zero attached hydrogens (tertiary/aromatic N) is 2. The van der Waals surface area contributed by atoms with Crippen molar-refractivity contribution >= 4 is 23.6 Å². The first kappa shape index (κ1) is 16.7. The first-order valence-corrected chi connectivity index (χ1v) is 7.50. The van der Waals surface area contributed by atoms with Crippen LogP contribution in [0.1, 0.15) is 31.7 Å². The molecule has 2 rings (SSSR count). The number of nitro groups is 1. The molecule has 1 fully saturated rings. The smallest absolute Gasteiger partial charge is 0.270 e. The van der Waals surface area contributed by atoms with Crippen molar-refractivity contribution < 1.29 is 14.5 Å². The normalized spacial score (nSPS) is 15.2. The second kappa shape index (κ2) is 7.53. The summed E-state index contributed by atoms with van der Waals surface area (Å²) in [6.07, 6.45) is 4.45. The first-order chi connectivity index (χ1) is 11.0. The summed E-state index contributed by atoms with van der Waals surface area (Å²) in [6.45, 7) is 2.64. The van der Waals surface area contributed by atoms with Crippen LogP contribution in [-0.4, -0.2) is 34.7 Å². The van der Waals surface area contributed by atoms with E-state index in [4.69, 9.17) is 0 Å². The highest BCUT2D eigenvalue weighted by molar-refractivity contribution is 6.01. The number of hydrogen-bond acceptors (Lipinski definition) is 4. The molecule has 0 atom stereocenters. The molecule has 0 aliphatic carbocycles. The zero-order valence-electron chi connectivity index (χ0n) is 12.9. The minimum Gasteiger partial charge on any atom is -0.337 e. The van der Waals surface area contributed by atoms with E-state index in [2.05, 4.69) is 5.32 Å². The van der Waals surface area contributed by atoms with Crippen LogP contribution in [0.3, 0.4) is 0 Å². The van der Waals surface area contributed by atoms with Crippen LogP contribution in [0.4, 0.5) is 5.69 Å². The molecule has 0 spiro atoms. The molecule has 1 aromatic carbocycles. The molecular weight excluding hydrogens is 298 g/mol. The van der Waals surface area contributed by atoms with Gasteiger partial charge in [0.15, 0.2) is 0 Å². The number of carbonyl (C=O) groups excluding carboxylic acids is 2. The fourth-order valence-corrected chi connectivity index (χ4v) is 2.50. The van der Waals surface area contributed by atoms with E-state index in [0.29, 0.717) is 18.7 Å². The van der Waals surface area contributed by atoms with Crippen molar-refractivity contribution in [2.75, 3.05) is 13.1 Å². The van der Waals surface area contributed by atoms with Crippen LogP contribution in [0.25, 0.3) is 6.08 Å². The Morgan fingerprint density at radius 1 is 1.26 bits per heavy atom. The van der Waals surface area contributed by atoms with E-state index in [-0.39, 0.29) is 23.2 Å². The van der Waals surface area contributed by atoms with Gasteiger partial charge >= 0.3 is 0 Å². The lowest BCUT2D eigenvalue weighted by Crippen LogP contribution is -2.40. The lowest BCUT2D eigenvalue weighted by molar-refractivity contribution is -0.384. The van der Waals surface area contributed by atoms with Crippen LogP contribution in [0.5, 0.6) is 0 Å². The van der Waals surface area contributed by atoms with Gasteiger partial charge in [-0.25, -0.2) is 0 Å². The maximum atomic E-state index is 12.6. The summed E-state index contributed by atoms with van der Waals surface area (Å²) in [5.74, 6) is -0.613. The Morgan fingerprint density at radius 2 is 1.96 bits per heavy atom. The van der Waals surface area contributed by atoms with E-state index < -0.39 is 4.92 Å². The minimum absolute atomic E-state index is 0.0636. The fourth-order valence-electron chi connectivity index (χ4n) is 2.50. The average Bonchev–Trinajstić information content (AvgIpc) is 2.54. The first-order valence-electron chi connectivity index (χ1n) is 7.50. The number of nitro benzene ring substituents is 1. The summed E-state index contributed by atoms with van der Waals surface area (Å²) in [5.41, 5.74) is 0.569. The van der Waals surface area contributed by atoms with E-state index >= 15 is 0 Å². The second-order valence-electron chi connectivity index (χ2n) is 5.44. The van der Waals surface area contributed by atoms with Gasteiger partial charge in [0.25, 0.3) is 11.6 Å². The molecule has 23 heavy (non-hydrogen) atoms. The molecule has 1 saturated heterocycles. The Labute approximate surface area is 134 Å². The van der Waals surface area contributed by atoms with Gasteiger partial charge in [0, 0.05) is 32.1 Å². The van der Waals surface area contributed by atoms with Crippen LogP contribution in [0, 0.1) is 10.1 Å². The third kappa shape index (κ3) is 4.64. The molecule has 122 valence electrons. The Kier molecular flexibility index (Phi) is 5.46. The summed E-state index contributed by atoms with van der Waals surface area (Å²) in [7, 11) is 0. The van der Waals surface area contributed by atoms with E-state index in [1.54, 1.807) is 17.0 Å². The summed E-state index contributed by atoms with van der Waals surface area (Å²) in [5, 5.41) is 13.4. The number of likely N-dealkylation sites (tertiary alicyclic amines) is 1. The van der Waals surface area contributed by atoms with Crippen molar-refractivity contribution in [3.8, 4) is 0 Å². The summed E-state index contributed by atoms with van der Waals surface area (Å²) >= 11 is 0. The predicted octanol–water partition coefficient (Wildman–Crippen LogP) is 2.08. The summed E-state index contributed by atoms with van der Waals surface area (Å²) in [4.78, 5) is 36.0. The molecule has 0 radical (unpaired) electrons. The molecule has 0 aromatic heterocycles. The van der Waals surface area contributed by atoms with Gasteiger partial charge in [0.2, 0.25) is 5.91 Å². The molecule has 2 amide bonds. The molecule has 7 nitrogen and oxygen atoms in total. The van der Waals surface area contributed by atoms with E-state index in [1.807, 2.05) is 0 Å². The summed E-state index contributed by atoms with van der Waals surface area (Å²) < 4.78 is 0. The Balaban J connectivity index is 2.29. The third-order valence-electron chi connectivity index (χ3n) is 3.58. The maximum Gasteiger partial charge on any atom is 0.270 e. The van der Waals surface area contributed by atoms with Gasteiger partial charge in [-0.05, 0) is 30.9 Å². The maximum absolute atomic E-state index is 12.6. The quantitative estimate of drug-likeness (QED) is 0.523. The average molecular weight is 317 g/mol. The van der Waals surface area contributed by atoms with E-state index in [9.17, 15) is 19.7 Å². The minimum atomic E-state index is -0.498. The van der Waals surface area contributed by atoms with Crippen LogP contribution in [0.2, 0.25) is 0 Å². The largest absolute Gasteiger partial charge is 0.337 e. The van der Waals surface area contributed by atoms with Crippen LogP contribution in [0.15, 0.2) is 30.0 Å². The van der Waals surface area contributed by atoms with Gasteiger partial charge < -0.3 is 10.2 Å². The predicted molar refractivity (Wildman–Crippen MR) is 85.3 cm³/mol. The highest BCUT2D eigenvalue weighted by Crippen LogP contribution is 2.17. The van der Waals surface area contributed by atoms with Gasteiger partial charge in [0.05, 0.1) is 4.92 Å². The molecule has 1 heterocycles. The SMILES string of the molecule is CC(=O)N/C(=C/c1cccc([N+](=O)[O-])c1)C(=O)N1CCCCC1. The standard InChI is InChI=1S/C16H19N3O4/c1-12(20)17-15(16(21)18-8-3-2-4-9-18)11-13-6-5-7-14(10-13)19(22)23/h5-7,10-11H,2-4,8-9H2,1H3,(H,17,20)/b15-11+. The molecule has 0 bridgehead atoms.